The number of nitriles is 1. The van der Waals surface area contributed by atoms with Crippen molar-refractivity contribution < 1.29 is 13.7 Å². The van der Waals surface area contributed by atoms with Gasteiger partial charge in [-0.25, -0.2) is 9.37 Å². The molecule has 1 amide bonds. The number of halogens is 1. The van der Waals surface area contributed by atoms with E-state index in [-0.39, 0.29) is 39.7 Å². The number of thioether (sulfide) groups is 1. The van der Waals surface area contributed by atoms with Crippen LogP contribution in [0.3, 0.4) is 0 Å². The minimum atomic E-state index is -0.468. The van der Waals surface area contributed by atoms with Crippen molar-refractivity contribution >= 4 is 29.2 Å². The number of anilines is 2. The Morgan fingerprint density at radius 1 is 1.21 bits per heavy atom. The highest BCUT2D eigenvalue weighted by Gasteiger charge is 2.22. The fraction of sp³-hybridized carbons (Fsp3) is 0.125. The molecule has 0 saturated carbocycles. The molecule has 10 heteroatoms. The topological polar surface area (TPSA) is 131 Å². The zero-order valence-corrected chi connectivity index (χ0v) is 19.1. The number of aromatic nitrogens is 3. The number of rotatable bonds is 6. The van der Waals surface area contributed by atoms with Gasteiger partial charge in [0.1, 0.15) is 22.7 Å². The molecule has 4 rings (SSSR count). The van der Waals surface area contributed by atoms with Gasteiger partial charge < -0.3 is 15.6 Å². The number of benzene rings is 2. The lowest BCUT2D eigenvalue weighted by Gasteiger charge is -2.11. The van der Waals surface area contributed by atoms with E-state index < -0.39 is 5.91 Å². The number of pyridine rings is 1. The van der Waals surface area contributed by atoms with E-state index in [9.17, 15) is 14.4 Å². The van der Waals surface area contributed by atoms with Crippen LogP contribution in [0.25, 0.3) is 11.4 Å². The second-order valence-corrected chi connectivity index (χ2v) is 8.72. The number of carbonyl (C=O) groups excluding carboxylic acids is 1. The van der Waals surface area contributed by atoms with Crippen molar-refractivity contribution in [2.75, 3.05) is 11.1 Å². The molecule has 4 aromatic rings. The Morgan fingerprint density at radius 3 is 2.68 bits per heavy atom. The first kappa shape index (κ1) is 22.9. The summed E-state index contributed by atoms with van der Waals surface area (Å²) in [7, 11) is 0. The van der Waals surface area contributed by atoms with Crippen LogP contribution in [0.1, 0.15) is 39.5 Å². The average Bonchev–Trinajstić information content (AvgIpc) is 3.32. The van der Waals surface area contributed by atoms with Gasteiger partial charge in [0.05, 0.1) is 16.4 Å². The molecule has 2 aromatic carbocycles. The molecule has 0 fully saturated rings. The Morgan fingerprint density at radius 2 is 1.97 bits per heavy atom. The van der Waals surface area contributed by atoms with Crippen molar-refractivity contribution in [1.29, 1.82) is 5.26 Å². The van der Waals surface area contributed by atoms with Gasteiger partial charge in [-0.15, -0.1) is 0 Å². The molecule has 1 unspecified atom stereocenters. The molecule has 2 aromatic heterocycles. The van der Waals surface area contributed by atoms with Crippen LogP contribution in [0.2, 0.25) is 0 Å². The molecular weight excluding hydrogens is 455 g/mol. The van der Waals surface area contributed by atoms with Crippen LogP contribution in [0.4, 0.5) is 15.9 Å². The lowest BCUT2D eigenvalue weighted by molar-refractivity contribution is 0.102. The standard InChI is InChI=1S/C24H19FN6O2S/c1-13-8-9-15(11-19(13)25)21-30-23(33-31-21)14(2)34-24-16(12-26)10-18(20(27)29-24)22(32)28-17-6-4-3-5-7-17/h3-11,14H,1-2H3,(H2,27,29)(H,28,32). The Kier molecular flexibility index (Phi) is 6.56. The number of hydrogen-bond acceptors (Lipinski definition) is 8. The molecule has 170 valence electrons. The number of carbonyl (C=O) groups is 1. The molecule has 0 aliphatic rings. The Hall–Kier alpha value is -4.23. The highest BCUT2D eigenvalue weighted by Crippen LogP contribution is 2.36. The lowest BCUT2D eigenvalue weighted by Crippen LogP contribution is -2.15. The Labute approximate surface area is 199 Å². The molecule has 0 aliphatic carbocycles. The summed E-state index contributed by atoms with van der Waals surface area (Å²) in [6.45, 7) is 3.47. The van der Waals surface area contributed by atoms with Crippen molar-refractivity contribution in [3.63, 3.8) is 0 Å². The summed E-state index contributed by atoms with van der Waals surface area (Å²) in [6.07, 6.45) is 0. The van der Waals surface area contributed by atoms with E-state index in [1.165, 1.54) is 23.9 Å². The van der Waals surface area contributed by atoms with Crippen molar-refractivity contribution in [2.45, 2.75) is 24.1 Å². The van der Waals surface area contributed by atoms with Crippen molar-refractivity contribution in [3.05, 3.63) is 83.0 Å². The summed E-state index contributed by atoms with van der Waals surface area (Å²) in [5, 5.41) is 16.2. The number of para-hydroxylation sites is 1. The van der Waals surface area contributed by atoms with Gasteiger partial charge in [0.25, 0.3) is 5.91 Å². The smallest absolute Gasteiger partial charge is 0.259 e. The lowest BCUT2D eigenvalue weighted by atomic mass is 10.1. The van der Waals surface area contributed by atoms with Crippen LogP contribution in [-0.4, -0.2) is 21.0 Å². The number of nitrogens with two attached hydrogens (primary N) is 1. The predicted molar refractivity (Wildman–Crippen MR) is 126 cm³/mol. The Balaban J connectivity index is 1.54. The zero-order valence-electron chi connectivity index (χ0n) is 18.2. The Bertz CT molecular complexity index is 1400. The number of hydrogen-bond donors (Lipinski definition) is 2. The zero-order chi connectivity index (χ0) is 24.2. The average molecular weight is 475 g/mol. The van der Waals surface area contributed by atoms with Crippen LogP contribution in [0, 0.1) is 24.1 Å². The highest BCUT2D eigenvalue weighted by molar-refractivity contribution is 7.99. The van der Waals surface area contributed by atoms with Gasteiger partial charge in [0.15, 0.2) is 0 Å². The second-order valence-electron chi connectivity index (χ2n) is 7.39. The third kappa shape index (κ3) is 4.89. The summed E-state index contributed by atoms with van der Waals surface area (Å²) in [4.78, 5) is 21.3. The largest absolute Gasteiger partial charge is 0.383 e. The summed E-state index contributed by atoms with van der Waals surface area (Å²) in [5.41, 5.74) is 7.92. The molecule has 8 nitrogen and oxygen atoms in total. The normalized spacial score (nSPS) is 11.6. The minimum Gasteiger partial charge on any atom is -0.383 e. The molecule has 2 heterocycles. The van der Waals surface area contributed by atoms with Crippen LogP contribution in [-0.2, 0) is 0 Å². The monoisotopic (exact) mass is 474 g/mol. The van der Waals surface area contributed by atoms with Crippen molar-refractivity contribution in [2.24, 2.45) is 0 Å². The molecule has 0 radical (unpaired) electrons. The summed E-state index contributed by atoms with van der Waals surface area (Å²) < 4.78 is 19.2. The molecule has 0 spiro atoms. The summed E-state index contributed by atoms with van der Waals surface area (Å²) >= 11 is 1.18. The number of nitrogen functional groups attached to an aromatic ring is 1. The van der Waals surface area contributed by atoms with Gasteiger partial charge in [0.2, 0.25) is 11.7 Å². The minimum absolute atomic E-state index is 0.0107. The maximum Gasteiger partial charge on any atom is 0.259 e. The number of aryl methyl sites for hydroxylation is 1. The first-order valence-corrected chi connectivity index (χ1v) is 11.1. The molecule has 34 heavy (non-hydrogen) atoms. The van der Waals surface area contributed by atoms with Crippen LogP contribution in [0.5, 0.6) is 0 Å². The van der Waals surface area contributed by atoms with E-state index in [2.05, 4.69) is 26.5 Å². The fourth-order valence-electron chi connectivity index (χ4n) is 3.05. The van der Waals surface area contributed by atoms with E-state index >= 15 is 0 Å². The van der Waals surface area contributed by atoms with E-state index in [1.54, 1.807) is 50.2 Å². The maximum atomic E-state index is 13.9. The van der Waals surface area contributed by atoms with E-state index in [0.717, 1.165) is 0 Å². The number of amides is 1. The van der Waals surface area contributed by atoms with Crippen molar-refractivity contribution in [1.82, 2.24) is 15.1 Å². The molecule has 1 atom stereocenters. The SMILES string of the molecule is Cc1ccc(-c2noc(C(C)Sc3nc(N)c(C(=O)Nc4ccccc4)cc3C#N)n2)cc1F. The predicted octanol–water partition coefficient (Wildman–Crippen LogP) is 5.14. The third-order valence-electron chi connectivity index (χ3n) is 4.92. The van der Waals surface area contributed by atoms with E-state index in [4.69, 9.17) is 10.3 Å². The van der Waals surface area contributed by atoms with Gasteiger partial charge in [0, 0.05) is 11.3 Å². The molecule has 0 saturated heterocycles. The number of nitrogens with zero attached hydrogens (tertiary/aromatic N) is 4. The van der Waals surface area contributed by atoms with E-state index in [1.807, 2.05) is 6.07 Å². The molecule has 0 bridgehead atoms. The van der Waals surface area contributed by atoms with Gasteiger partial charge in [-0.3, -0.25) is 4.79 Å². The van der Waals surface area contributed by atoms with Gasteiger partial charge in [-0.1, -0.05) is 47.3 Å². The third-order valence-corrected chi connectivity index (χ3v) is 6.01. The first-order valence-electron chi connectivity index (χ1n) is 10.2. The quantitative estimate of drug-likeness (QED) is 0.367. The maximum absolute atomic E-state index is 13.9. The van der Waals surface area contributed by atoms with Gasteiger partial charge in [-0.05, 0) is 43.7 Å². The van der Waals surface area contributed by atoms with Crippen LogP contribution >= 0.6 is 11.8 Å². The number of nitrogens with one attached hydrogen (secondary N) is 1. The summed E-state index contributed by atoms with van der Waals surface area (Å²) in [6, 6.07) is 17.0. The second kappa shape index (κ2) is 9.72. The van der Waals surface area contributed by atoms with E-state index in [0.29, 0.717) is 21.8 Å². The van der Waals surface area contributed by atoms with Crippen LogP contribution in [0.15, 0.2) is 64.1 Å². The highest BCUT2D eigenvalue weighted by atomic mass is 32.2. The van der Waals surface area contributed by atoms with Gasteiger partial charge >= 0.3 is 0 Å². The van der Waals surface area contributed by atoms with Crippen LogP contribution < -0.4 is 11.1 Å². The molecule has 0 aliphatic heterocycles. The summed E-state index contributed by atoms with van der Waals surface area (Å²) in [5.74, 6) is -0.313. The fourth-order valence-corrected chi connectivity index (χ4v) is 3.96. The molecule has 3 N–H and O–H groups in total. The van der Waals surface area contributed by atoms with Gasteiger partial charge in [-0.2, -0.15) is 10.2 Å². The van der Waals surface area contributed by atoms with Crippen molar-refractivity contribution in [3.8, 4) is 17.5 Å². The first-order chi connectivity index (χ1) is 16.4. The molecular formula is C24H19FN6O2S.